The van der Waals surface area contributed by atoms with Crippen molar-refractivity contribution < 1.29 is 23.6 Å². The topological polar surface area (TPSA) is 168 Å². The molecular weight excluding hydrogens is 570 g/mol. The molecule has 0 aliphatic heterocycles. The summed E-state index contributed by atoms with van der Waals surface area (Å²) >= 11 is 0. The summed E-state index contributed by atoms with van der Waals surface area (Å²) in [6.07, 6.45) is 3.97. The number of anilines is 4. The third-order valence-corrected chi connectivity index (χ3v) is 7.70. The van der Waals surface area contributed by atoms with E-state index in [2.05, 4.69) is 35.3 Å². The number of nitrogens with one attached hydrogen (secondary N) is 3. The number of nitrogens with zero attached hydrogens (tertiary/aromatic N) is 4. The second-order valence-electron chi connectivity index (χ2n) is 9.55. The minimum absolute atomic E-state index is 0.109. The van der Waals surface area contributed by atoms with Crippen molar-refractivity contribution in [2.75, 3.05) is 35.4 Å². The summed E-state index contributed by atoms with van der Waals surface area (Å²) in [5.74, 6) is 0.607. The molecule has 0 bridgehead atoms. The van der Waals surface area contributed by atoms with Crippen molar-refractivity contribution in [3.63, 3.8) is 0 Å². The Morgan fingerprint density at radius 3 is 2.40 bits per heavy atom. The van der Waals surface area contributed by atoms with Crippen LogP contribution in [0, 0.1) is 0 Å². The van der Waals surface area contributed by atoms with E-state index in [0.717, 1.165) is 5.56 Å². The number of amides is 2. The van der Waals surface area contributed by atoms with Crippen LogP contribution >= 0.6 is 0 Å². The van der Waals surface area contributed by atoms with Crippen LogP contribution in [-0.4, -0.2) is 61.8 Å². The predicted molar refractivity (Wildman–Crippen MR) is 166 cm³/mol. The smallest absolute Gasteiger partial charge is 0.442 e. The fraction of sp³-hybridized carbons (Fsp3) is 0.233. The Morgan fingerprint density at radius 1 is 1.02 bits per heavy atom. The van der Waals surface area contributed by atoms with E-state index in [4.69, 9.17) is 4.74 Å². The molecule has 2 amide bonds. The lowest BCUT2D eigenvalue weighted by molar-refractivity contribution is -0.115. The first kappa shape index (κ1) is 31.1. The molecular formula is C30H33N7O5S. The molecule has 0 aliphatic rings. The maximum Gasteiger partial charge on any atom is 0.442 e. The molecule has 0 radical (unpaired) electrons. The molecule has 2 atom stereocenters. The summed E-state index contributed by atoms with van der Waals surface area (Å²) in [7, 11) is -2.97. The number of benzene rings is 2. The number of hydrogen-bond acceptors (Lipinski definition) is 10. The Morgan fingerprint density at radius 2 is 1.74 bits per heavy atom. The third-order valence-electron chi connectivity index (χ3n) is 6.06. The normalized spacial score (nSPS) is 12.8. The van der Waals surface area contributed by atoms with Crippen molar-refractivity contribution in [2.45, 2.75) is 31.2 Å². The number of aliphatic hydroxyl groups excluding tert-OH is 1. The lowest BCUT2D eigenvalue weighted by Crippen LogP contribution is -2.21. The van der Waals surface area contributed by atoms with Crippen LogP contribution in [0.15, 0.2) is 88.4 Å². The molecule has 43 heavy (non-hydrogen) atoms. The van der Waals surface area contributed by atoms with Gasteiger partial charge in [0.05, 0.1) is 29.4 Å². The van der Waals surface area contributed by atoms with Gasteiger partial charge in [-0.3, -0.25) is 9.78 Å². The highest BCUT2D eigenvalue weighted by Gasteiger charge is 2.14. The molecule has 0 saturated carbocycles. The zero-order valence-electron chi connectivity index (χ0n) is 24.0. The number of aromatic nitrogens is 3. The van der Waals surface area contributed by atoms with Crippen molar-refractivity contribution in [1.82, 2.24) is 15.0 Å². The highest BCUT2D eigenvalue weighted by molar-refractivity contribution is 7.93. The highest BCUT2D eigenvalue weighted by Crippen LogP contribution is 2.29. The van der Waals surface area contributed by atoms with Gasteiger partial charge in [0.15, 0.2) is 0 Å². The average molecular weight is 604 g/mol. The van der Waals surface area contributed by atoms with Crippen molar-refractivity contribution in [3.8, 4) is 11.1 Å². The summed E-state index contributed by atoms with van der Waals surface area (Å²) in [4.78, 5) is 37.7. The number of aliphatic hydroxyl groups is 1. The molecule has 2 aromatic carbocycles. The summed E-state index contributed by atoms with van der Waals surface area (Å²) in [5.41, 5.74) is 3.43. The lowest BCUT2D eigenvalue weighted by Gasteiger charge is -2.17. The second-order valence-corrected chi connectivity index (χ2v) is 11.8. The second kappa shape index (κ2) is 14.3. The fourth-order valence-corrected chi connectivity index (χ4v) is 5.00. The van der Waals surface area contributed by atoms with Gasteiger partial charge in [0.1, 0.15) is 5.82 Å². The van der Waals surface area contributed by atoms with Gasteiger partial charge in [-0.25, -0.2) is 14.0 Å². The highest BCUT2D eigenvalue weighted by atomic mass is 32.2. The van der Waals surface area contributed by atoms with Gasteiger partial charge in [0, 0.05) is 52.2 Å². The Labute approximate surface area is 250 Å². The van der Waals surface area contributed by atoms with Gasteiger partial charge in [-0.05, 0) is 67.9 Å². The van der Waals surface area contributed by atoms with E-state index in [1.54, 1.807) is 67.8 Å². The molecule has 0 saturated heterocycles. The van der Waals surface area contributed by atoms with E-state index in [0.29, 0.717) is 33.3 Å². The molecule has 12 nitrogen and oxygen atoms in total. The maximum absolute atomic E-state index is 12.9. The van der Waals surface area contributed by atoms with E-state index in [1.807, 2.05) is 25.1 Å². The SMILES string of the molecule is CCOC(=O)N=S(C)(=O)c1ccc(Nc2ncc(-c3ccc(NC(=O)Cc4ccccn4)cc3)c(NC(C)CO)n2)cc1. The van der Waals surface area contributed by atoms with Crippen LogP contribution in [0.1, 0.15) is 19.5 Å². The number of carbonyl (C=O) groups is 2. The molecule has 4 N–H and O–H groups in total. The number of carbonyl (C=O) groups excluding carboxylic acids is 2. The van der Waals surface area contributed by atoms with Gasteiger partial charge in [-0.2, -0.15) is 4.98 Å². The average Bonchev–Trinajstić information content (AvgIpc) is 2.98. The predicted octanol–water partition coefficient (Wildman–Crippen LogP) is 4.87. The zero-order chi connectivity index (χ0) is 30.8. The van der Waals surface area contributed by atoms with Gasteiger partial charge in [0.25, 0.3) is 0 Å². The first-order chi connectivity index (χ1) is 20.7. The van der Waals surface area contributed by atoms with Crippen LogP contribution in [-0.2, 0) is 25.7 Å². The summed E-state index contributed by atoms with van der Waals surface area (Å²) in [5, 5.41) is 18.8. The molecule has 2 aromatic heterocycles. The van der Waals surface area contributed by atoms with E-state index >= 15 is 0 Å². The summed E-state index contributed by atoms with van der Waals surface area (Å²) < 4.78 is 21.3. The van der Waals surface area contributed by atoms with E-state index in [-0.39, 0.29) is 37.5 Å². The molecule has 4 aromatic rings. The van der Waals surface area contributed by atoms with Crippen LogP contribution in [0.4, 0.5) is 27.9 Å². The van der Waals surface area contributed by atoms with Crippen molar-refractivity contribution in [1.29, 1.82) is 0 Å². The first-order valence-electron chi connectivity index (χ1n) is 13.5. The van der Waals surface area contributed by atoms with Gasteiger partial charge in [0.2, 0.25) is 11.9 Å². The quantitative estimate of drug-likeness (QED) is 0.186. The van der Waals surface area contributed by atoms with Crippen molar-refractivity contribution >= 4 is 44.9 Å². The minimum Gasteiger partial charge on any atom is -0.448 e. The molecule has 2 heterocycles. The summed E-state index contributed by atoms with van der Waals surface area (Å²) in [6.45, 7) is 3.50. The molecule has 0 spiro atoms. The summed E-state index contributed by atoms with van der Waals surface area (Å²) in [6, 6.07) is 19.0. The van der Waals surface area contributed by atoms with Crippen LogP contribution in [0.2, 0.25) is 0 Å². The van der Waals surface area contributed by atoms with E-state index in [1.165, 1.54) is 6.26 Å². The maximum atomic E-state index is 12.9. The van der Waals surface area contributed by atoms with E-state index < -0.39 is 15.8 Å². The number of rotatable bonds is 11. The Kier molecular flexibility index (Phi) is 10.4. The first-order valence-corrected chi connectivity index (χ1v) is 15.4. The van der Waals surface area contributed by atoms with E-state index in [9.17, 15) is 18.9 Å². The molecule has 4 rings (SSSR count). The van der Waals surface area contributed by atoms with Crippen LogP contribution in [0.5, 0.6) is 0 Å². The van der Waals surface area contributed by atoms with Gasteiger partial charge < -0.3 is 25.8 Å². The minimum atomic E-state index is -2.97. The van der Waals surface area contributed by atoms with Crippen LogP contribution in [0.3, 0.4) is 0 Å². The van der Waals surface area contributed by atoms with Gasteiger partial charge >= 0.3 is 6.09 Å². The number of hydrogen-bond donors (Lipinski definition) is 4. The van der Waals surface area contributed by atoms with Gasteiger partial charge in [-0.1, -0.05) is 18.2 Å². The Balaban J connectivity index is 1.51. The lowest BCUT2D eigenvalue weighted by atomic mass is 10.1. The molecule has 0 fully saturated rings. The monoisotopic (exact) mass is 603 g/mol. The molecule has 13 heteroatoms. The molecule has 2 unspecified atom stereocenters. The largest absolute Gasteiger partial charge is 0.448 e. The van der Waals surface area contributed by atoms with Crippen molar-refractivity contribution in [3.05, 3.63) is 84.8 Å². The van der Waals surface area contributed by atoms with Crippen LogP contribution in [0.25, 0.3) is 11.1 Å². The third kappa shape index (κ3) is 8.80. The Hall–Kier alpha value is -4.88. The van der Waals surface area contributed by atoms with Crippen LogP contribution < -0.4 is 16.0 Å². The number of ether oxygens (including phenoxy) is 1. The van der Waals surface area contributed by atoms with Crippen molar-refractivity contribution in [2.24, 2.45) is 4.36 Å². The molecule has 0 aliphatic carbocycles. The fourth-order valence-electron chi connectivity index (χ4n) is 3.91. The standard InChI is InChI=1S/C30H33N7O5S/c1-4-42-30(40)37-43(3,41)25-14-12-23(13-15-25)35-29-32-18-26(28(36-29)33-20(2)19-38)21-8-10-22(11-9-21)34-27(39)17-24-7-5-6-16-31-24/h5-16,18,20,38H,4,17,19H2,1-3H3,(H,34,39)(H2,32,33,35,36). The van der Waals surface area contributed by atoms with Gasteiger partial charge in [-0.15, -0.1) is 4.36 Å². The zero-order valence-corrected chi connectivity index (χ0v) is 24.8. The molecule has 224 valence electrons. The Bertz CT molecular complexity index is 1670. The number of pyridine rings is 1.